The van der Waals surface area contributed by atoms with E-state index in [9.17, 15) is 8.42 Å². The first kappa shape index (κ1) is 16.2. The minimum absolute atomic E-state index is 0.0449. The molecular weight excluding hydrogens is 288 g/mol. The Morgan fingerprint density at radius 2 is 2.05 bits per heavy atom. The summed E-state index contributed by atoms with van der Waals surface area (Å²) < 4.78 is 26.4. The van der Waals surface area contributed by atoms with Gasteiger partial charge in [0.1, 0.15) is 4.90 Å². The quantitative estimate of drug-likeness (QED) is 0.784. The third-order valence-corrected chi connectivity index (χ3v) is 5.06. The smallest absolute Gasteiger partial charge is 0.245 e. The van der Waals surface area contributed by atoms with Gasteiger partial charge in [0.2, 0.25) is 10.0 Å². The van der Waals surface area contributed by atoms with Gasteiger partial charge in [-0.05, 0) is 38.5 Å². The van der Waals surface area contributed by atoms with Crippen LogP contribution < -0.4 is 5.73 Å². The van der Waals surface area contributed by atoms with Gasteiger partial charge in [0.15, 0.2) is 0 Å². The van der Waals surface area contributed by atoms with Crippen LogP contribution in [0.5, 0.6) is 0 Å². The first-order valence-electron chi connectivity index (χ1n) is 5.98. The van der Waals surface area contributed by atoms with Gasteiger partial charge in [0, 0.05) is 24.2 Å². The minimum Gasteiger partial charge on any atom is -0.398 e. The molecule has 0 bridgehead atoms. The highest BCUT2D eigenvalue weighted by Gasteiger charge is 2.28. The van der Waals surface area contributed by atoms with Crippen molar-refractivity contribution in [2.45, 2.75) is 31.2 Å². The van der Waals surface area contributed by atoms with Crippen molar-refractivity contribution in [3.05, 3.63) is 23.2 Å². The number of aliphatic hydroxyl groups is 1. The highest BCUT2D eigenvalue weighted by molar-refractivity contribution is 7.89. The molecule has 0 unspecified atom stereocenters. The molecule has 0 aliphatic rings. The lowest BCUT2D eigenvalue weighted by Gasteiger charge is -2.26. The zero-order valence-electron chi connectivity index (χ0n) is 11.0. The number of hydrogen-bond acceptors (Lipinski definition) is 4. The molecule has 108 valence electrons. The summed E-state index contributed by atoms with van der Waals surface area (Å²) in [5, 5.41) is 9.25. The molecule has 0 radical (unpaired) electrons. The maximum Gasteiger partial charge on any atom is 0.245 e. The molecule has 0 saturated carbocycles. The van der Waals surface area contributed by atoms with Crippen LogP contribution in [0.4, 0.5) is 5.69 Å². The summed E-state index contributed by atoms with van der Waals surface area (Å²) in [5.41, 5.74) is 5.86. The third-order valence-electron chi connectivity index (χ3n) is 2.67. The van der Waals surface area contributed by atoms with Gasteiger partial charge in [-0.1, -0.05) is 11.6 Å². The van der Waals surface area contributed by atoms with Crippen molar-refractivity contribution >= 4 is 27.3 Å². The van der Waals surface area contributed by atoms with E-state index in [1.54, 1.807) is 13.8 Å². The fourth-order valence-electron chi connectivity index (χ4n) is 1.76. The summed E-state index contributed by atoms with van der Waals surface area (Å²) in [4.78, 5) is 0.0449. The van der Waals surface area contributed by atoms with Gasteiger partial charge in [0.25, 0.3) is 0 Å². The molecular formula is C12H19ClN2O3S. The molecule has 0 heterocycles. The molecule has 7 heteroatoms. The summed E-state index contributed by atoms with van der Waals surface area (Å²) in [6.07, 6.45) is 0.380. The highest BCUT2D eigenvalue weighted by Crippen LogP contribution is 2.26. The van der Waals surface area contributed by atoms with Crippen LogP contribution in [0, 0.1) is 0 Å². The Balaban J connectivity index is 3.19. The number of nitrogens with zero attached hydrogens (tertiary/aromatic N) is 1. The van der Waals surface area contributed by atoms with Crippen LogP contribution in [-0.4, -0.2) is 37.0 Å². The number of hydrogen-bond donors (Lipinski definition) is 2. The lowest BCUT2D eigenvalue weighted by atomic mass is 10.3. The number of sulfonamides is 1. The van der Waals surface area contributed by atoms with Crippen LogP contribution in [0.15, 0.2) is 23.1 Å². The zero-order valence-corrected chi connectivity index (χ0v) is 12.6. The molecule has 0 aromatic heterocycles. The summed E-state index contributed by atoms with van der Waals surface area (Å²) in [7, 11) is -3.68. The molecule has 0 atom stereocenters. The predicted molar refractivity (Wildman–Crippen MR) is 76.6 cm³/mol. The Labute approximate surface area is 119 Å². The second-order valence-corrected chi connectivity index (χ2v) is 6.76. The first-order chi connectivity index (χ1) is 8.80. The number of rotatable bonds is 6. The average Bonchev–Trinajstić information content (AvgIpc) is 2.27. The van der Waals surface area contributed by atoms with Crippen molar-refractivity contribution in [2.24, 2.45) is 0 Å². The van der Waals surface area contributed by atoms with Crippen LogP contribution in [0.25, 0.3) is 0 Å². The summed E-state index contributed by atoms with van der Waals surface area (Å²) in [6.45, 7) is 3.75. The van der Waals surface area contributed by atoms with Gasteiger partial charge < -0.3 is 10.8 Å². The van der Waals surface area contributed by atoms with E-state index in [0.29, 0.717) is 11.4 Å². The Morgan fingerprint density at radius 3 is 2.53 bits per heavy atom. The predicted octanol–water partition coefficient (Wildman–Crippen LogP) is 1.70. The molecule has 0 fully saturated rings. The summed E-state index contributed by atoms with van der Waals surface area (Å²) in [6, 6.07) is 4.10. The van der Waals surface area contributed by atoms with Crippen molar-refractivity contribution in [1.82, 2.24) is 4.31 Å². The second-order valence-electron chi connectivity index (χ2n) is 4.47. The van der Waals surface area contributed by atoms with Crippen LogP contribution in [-0.2, 0) is 10.0 Å². The number of halogens is 1. The van der Waals surface area contributed by atoms with Gasteiger partial charge in [-0.25, -0.2) is 8.42 Å². The number of aliphatic hydroxyl groups excluding tert-OH is 1. The van der Waals surface area contributed by atoms with E-state index in [0.717, 1.165) is 0 Å². The van der Waals surface area contributed by atoms with Crippen LogP contribution in [0.1, 0.15) is 20.3 Å². The number of anilines is 1. The minimum atomic E-state index is -3.68. The fourth-order valence-corrected chi connectivity index (χ4v) is 3.72. The van der Waals surface area contributed by atoms with Crippen molar-refractivity contribution in [2.75, 3.05) is 18.9 Å². The van der Waals surface area contributed by atoms with E-state index in [-0.39, 0.29) is 29.8 Å². The molecule has 3 N–H and O–H groups in total. The molecule has 1 aromatic carbocycles. The van der Waals surface area contributed by atoms with Crippen molar-refractivity contribution in [3.63, 3.8) is 0 Å². The normalized spacial score (nSPS) is 12.3. The van der Waals surface area contributed by atoms with Gasteiger partial charge in [-0.3, -0.25) is 0 Å². The average molecular weight is 307 g/mol. The van der Waals surface area contributed by atoms with Crippen molar-refractivity contribution in [3.8, 4) is 0 Å². The van der Waals surface area contributed by atoms with E-state index in [1.165, 1.54) is 22.5 Å². The SMILES string of the molecule is CC(C)N(CCCO)S(=O)(=O)c1ccc(Cl)cc1N. The lowest BCUT2D eigenvalue weighted by molar-refractivity contribution is 0.258. The largest absolute Gasteiger partial charge is 0.398 e. The molecule has 19 heavy (non-hydrogen) atoms. The molecule has 1 aromatic rings. The molecule has 0 spiro atoms. The molecule has 1 rings (SSSR count). The fraction of sp³-hybridized carbons (Fsp3) is 0.500. The Bertz CT molecular complexity index is 532. The highest BCUT2D eigenvalue weighted by atomic mass is 35.5. The molecule has 0 aliphatic carbocycles. The van der Waals surface area contributed by atoms with Crippen LogP contribution in [0.3, 0.4) is 0 Å². The molecule has 5 nitrogen and oxygen atoms in total. The third kappa shape index (κ3) is 3.82. The Kier molecular flexibility index (Phi) is 5.61. The lowest BCUT2D eigenvalue weighted by Crippen LogP contribution is -2.38. The molecule has 0 aliphatic heterocycles. The first-order valence-corrected chi connectivity index (χ1v) is 7.80. The van der Waals surface area contributed by atoms with Crippen LogP contribution in [0.2, 0.25) is 5.02 Å². The van der Waals surface area contributed by atoms with E-state index in [1.807, 2.05) is 0 Å². The van der Waals surface area contributed by atoms with Crippen molar-refractivity contribution in [1.29, 1.82) is 0 Å². The van der Waals surface area contributed by atoms with Gasteiger partial charge in [-0.2, -0.15) is 4.31 Å². The topological polar surface area (TPSA) is 83.6 Å². The molecule has 0 amide bonds. The van der Waals surface area contributed by atoms with Crippen molar-refractivity contribution < 1.29 is 13.5 Å². The van der Waals surface area contributed by atoms with Gasteiger partial charge in [0.05, 0.1) is 5.69 Å². The Morgan fingerprint density at radius 1 is 1.42 bits per heavy atom. The van der Waals surface area contributed by atoms with Gasteiger partial charge in [-0.15, -0.1) is 0 Å². The monoisotopic (exact) mass is 306 g/mol. The van der Waals surface area contributed by atoms with Gasteiger partial charge >= 0.3 is 0 Å². The molecule has 0 saturated heterocycles. The second kappa shape index (κ2) is 6.56. The van der Waals surface area contributed by atoms with E-state index in [2.05, 4.69) is 0 Å². The van der Waals surface area contributed by atoms with Crippen LogP contribution >= 0.6 is 11.6 Å². The Hall–Kier alpha value is -0.820. The number of nitrogens with two attached hydrogens (primary N) is 1. The zero-order chi connectivity index (χ0) is 14.6. The van der Waals surface area contributed by atoms with E-state index < -0.39 is 10.0 Å². The maximum atomic E-state index is 12.5. The summed E-state index contributed by atoms with van der Waals surface area (Å²) >= 11 is 5.77. The maximum absolute atomic E-state index is 12.5. The number of nitrogen functional groups attached to an aromatic ring is 1. The standard InChI is InChI=1S/C12H19ClN2O3S/c1-9(2)15(6-3-7-16)19(17,18)12-5-4-10(13)8-11(12)14/h4-5,8-9,16H,3,6-7,14H2,1-2H3. The van der Waals surface area contributed by atoms with E-state index >= 15 is 0 Å². The summed E-state index contributed by atoms with van der Waals surface area (Å²) in [5.74, 6) is 0. The number of benzene rings is 1. The van der Waals surface area contributed by atoms with E-state index in [4.69, 9.17) is 22.4 Å².